The molecule has 0 fully saturated rings. The summed E-state index contributed by atoms with van der Waals surface area (Å²) in [4.78, 5) is 28.4. The average Bonchev–Trinajstić information content (AvgIpc) is 2.68. The highest BCUT2D eigenvalue weighted by atomic mass is 16.2. The second-order valence-corrected chi connectivity index (χ2v) is 6.85. The van der Waals surface area contributed by atoms with Crippen molar-refractivity contribution in [2.75, 3.05) is 37.6 Å². The Morgan fingerprint density at radius 2 is 1.56 bits per heavy atom. The largest absolute Gasteiger partial charge is 0.372 e. The summed E-state index contributed by atoms with van der Waals surface area (Å²) in [7, 11) is 0. The van der Waals surface area contributed by atoms with Crippen LogP contribution in [0.4, 0.5) is 5.69 Å². The lowest BCUT2D eigenvalue weighted by atomic mass is 10.2. The number of hydrogen-bond donors (Lipinski definition) is 1. The third kappa shape index (κ3) is 9.45. The number of nitrogens with zero attached hydrogens (tertiary/aromatic N) is 2. The van der Waals surface area contributed by atoms with E-state index in [0.29, 0.717) is 25.8 Å². The Balaban J connectivity index is 2.19. The van der Waals surface area contributed by atoms with E-state index in [1.54, 1.807) is 0 Å². The normalized spacial score (nSPS) is 10.5. The lowest BCUT2D eigenvalue weighted by Crippen LogP contribution is -2.33. The lowest BCUT2D eigenvalue weighted by molar-refractivity contribution is -0.131. The van der Waals surface area contributed by atoms with Crippen molar-refractivity contribution >= 4 is 17.5 Å². The molecule has 1 aromatic rings. The van der Waals surface area contributed by atoms with Crippen LogP contribution >= 0.6 is 0 Å². The van der Waals surface area contributed by atoms with Gasteiger partial charge in [-0.15, -0.1) is 0 Å². The van der Waals surface area contributed by atoms with Gasteiger partial charge in [0.25, 0.3) is 0 Å². The predicted molar refractivity (Wildman–Crippen MR) is 113 cm³/mol. The third-order valence-electron chi connectivity index (χ3n) is 4.56. The van der Waals surface area contributed by atoms with Crippen LogP contribution in [0.1, 0.15) is 59.3 Å². The van der Waals surface area contributed by atoms with Gasteiger partial charge in [0.1, 0.15) is 0 Å². The molecule has 2 amide bonds. The number of para-hydroxylation sites is 1. The molecule has 0 radical (unpaired) electrons. The van der Waals surface area contributed by atoms with Crippen LogP contribution in [0.2, 0.25) is 0 Å². The van der Waals surface area contributed by atoms with E-state index in [4.69, 9.17) is 0 Å². The zero-order valence-electron chi connectivity index (χ0n) is 17.4. The van der Waals surface area contributed by atoms with Gasteiger partial charge in [-0.25, -0.2) is 0 Å². The maximum absolute atomic E-state index is 12.2. The van der Waals surface area contributed by atoms with Crippen LogP contribution in [0.5, 0.6) is 0 Å². The molecule has 0 saturated heterocycles. The highest BCUT2D eigenvalue weighted by molar-refractivity contribution is 5.78. The van der Waals surface area contributed by atoms with Crippen molar-refractivity contribution in [2.45, 2.75) is 59.3 Å². The summed E-state index contributed by atoms with van der Waals surface area (Å²) >= 11 is 0. The second kappa shape index (κ2) is 14.1. The molecule has 0 aliphatic rings. The van der Waals surface area contributed by atoms with Crippen LogP contribution in [0.25, 0.3) is 0 Å². The Hall–Kier alpha value is -2.04. The van der Waals surface area contributed by atoms with Gasteiger partial charge in [-0.2, -0.15) is 0 Å². The van der Waals surface area contributed by atoms with Gasteiger partial charge >= 0.3 is 0 Å². The molecule has 0 heterocycles. The summed E-state index contributed by atoms with van der Waals surface area (Å²) in [6.07, 6.45) is 4.38. The number of benzene rings is 1. The van der Waals surface area contributed by atoms with Gasteiger partial charge in [-0.05, 0) is 44.7 Å². The van der Waals surface area contributed by atoms with E-state index < -0.39 is 0 Å². The van der Waals surface area contributed by atoms with E-state index in [9.17, 15) is 9.59 Å². The Morgan fingerprint density at radius 3 is 2.15 bits per heavy atom. The van der Waals surface area contributed by atoms with Gasteiger partial charge in [0.15, 0.2) is 0 Å². The van der Waals surface area contributed by atoms with E-state index in [0.717, 1.165) is 45.4 Å². The van der Waals surface area contributed by atoms with Gasteiger partial charge in [-0.3, -0.25) is 9.59 Å². The molecule has 1 N–H and O–H groups in total. The molecule has 0 atom stereocenters. The summed E-state index contributed by atoms with van der Waals surface area (Å²) in [5.74, 6) is 0.219. The monoisotopic (exact) mass is 375 g/mol. The van der Waals surface area contributed by atoms with E-state index in [1.165, 1.54) is 5.69 Å². The fraction of sp³-hybridized carbons (Fsp3) is 0.636. The maximum Gasteiger partial charge on any atom is 0.222 e. The average molecular weight is 376 g/mol. The Morgan fingerprint density at radius 1 is 0.889 bits per heavy atom. The molecule has 0 bridgehead atoms. The second-order valence-electron chi connectivity index (χ2n) is 6.85. The molecule has 5 nitrogen and oxygen atoms in total. The number of rotatable bonds is 14. The van der Waals surface area contributed by atoms with Crippen LogP contribution in [0, 0.1) is 0 Å². The molecular formula is C22H37N3O2. The van der Waals surface area contributed by atoms with Crippen LogP contribution in [-0.4, -0.2) is 49.4 Å². The molecule has 0 saturated carbocycles. The number of carbonyl (C=O) groups excluding carboxylic acids is 2. The molecule has 0 aromatic heterocycles. The summed E-state index contributed by atoms with van der Waals surface area (Å²) in [6, 6.07) is 10.3. The van der Waals surface area contributed by atoms with Gasteiger partial charge in [0.05, 0.1) is 0 Å². The molecule has 0 aliphatic carbocycles. The topological polar surface area (TPSA) is 52.7 Å². The van der Waals surface area contributed by atoms with E-state index in [1.807, 2.05) is 23.1 Å². The smallest absolute Gasteiger partial charge is 0.222 e. The lowest BCUT2D eigenvalue weighted by Gasteiger charge is -2.23. The molecule has 1 aromatic carbocycles. The van der Waals surface area contributed by atoms with Crippen LogP contribution in [0.3, 0.4) is 0 Å². The quantitative estimate of drug-likeness (QED) is 0.503. The molecular weight excluding hydrogens is 338 g/mol. The van der Waals surface area contributed by atoms with Gasteiger partial charge < -0.3 is 15.1 Å². The van der Waals surface area contributed by atoms with Crippen molar-refractivity contribution in [3.8, 4) is 0 Å². The van der Waals surface area contributed by atoms with Gasteiger partial charge in [0.2, 0.25) is 11.8 Å². The minimum Gasteiger partial charge on any atom is -0.372 e. The van der Waals surface area contributed by atoms with E-state index in [2.05, 4.69) is 43.1 Å². The van der Waals surface area contributed by atoms with Crippen molar-refractivity contribution in [2.24, 2.45) is 0 Å². The zero-order valence-corrected chi connectivity index (χ0v) is 17.4. The molecule has 0 unspecified atom stereocenters. The minimum absolute atomic E-state index is 0.0445. The van der Waals surface area contributed by atoms with Crippen molar-refractivity contribution < 1.29 is 9.59 Å². The van der Waals surface area contributed by atoms with Crippen molar-refractivity contribution in [1.29, 1.82) is 0 Å². The first-order chi connectivity index (χ1) is 13.1. The first-order valence-electron chi connectivity index (χ1n) is 10.5. The minimum atomic E-state index is 0.0445. The molecule has 0 spiro atoms. The number of anilines is 1. The fourth-order valence-electron chi connectivity index (χ4n) is 3.15. The Kier molecular flexibility index (Phi) is 12.0. The number of nitrogens with one attached hydrogen (secondary N) is 1. The van der Waals surface area contributed by atoms with Crippen molar-refractivity contribution in [3.63, 3.8) is 0 Å². The number of carbonyl (C=O) groups is 2. The SMILES string of the molecule is CCCN(CCC)C(=O)CCCC(=O)NCCCN(CC)c1ccccc1. The van der Waals surface area contributed by atoms with Crippen molar-refractivity contribution in [3.05, 3.63) is 30.3 Å². The summed E-state index contributed by atoms with van der Waals surface area (Å²) in [5, 5.41) is 2.98. The first kappa shape index (κ1) is 23.0. The highest BCUT2D eigenvalue weighted by Gasteiger charge is 2.12. The Bertz CT molecular complexity index is 528. The van der Waals surface area contributed by atoms with Crippen LogP contribution < -0.4 is 10.2 Å². The summed E-state index contributed by atoms with van der Waals surface area (Å²) in [5.41, 5.74) is 1.22. The van der Waals surface area contributed by atoms with Crippen molar-refractivity contribution in [1.82, 2.24) is 10.2 Å². The standard InChI is InChI=1S/C22H37N3O2/c1-4-17-25(18-5-2)22(27)15-10-14-21(26)23-16-11-19-24(6-3)20-12-8-7-9-13-20/h7-9,12-13H,4-6,10-11,14-19H2,1-3H3,(H,23,26). The summed E-state index contributed by atoms with van der Waals surface area (Å²) < 4.78 is 0. The first-order valence-corrected chi connectivity index (χ1v) is 10.5. The van der Waals surface area contributed by atoms with E-state index >= 15 is 0 Å². The number of hydrogen-bond acceptors (Lipinski definition) is 3. The molecule has 5 heteroatoms. The summed E-state index contributed by atoms with van der Waals surface area (Å²) in [6.45, 7) is 10.5. The molecule has 1 rings (SSSR count). The third-order valence-corrected chi connectivity index (χ3v) is 4.56. The van der Waals surface area contributed by atoms with Gasteiger partial charge in [0, 0.05) is 51.3 Å². The van der Waals surface area contributed by atoms with E-state index in [-0.39, 0.29) is 11.8 Å². The highest BCUT2D eigenvalue weighted by Crippen LogP contribution is 2.12. The van der Waals surface area contributed by atoms with Crippen LogP contribution in [-0.2, 0) is 9.59 Å². The maximum atomic E-state index is 12.2. The number of amides is 2. The zero-order chi connectivity index (χ0) is 19.9. The van der Waals surface area contributed by atoms with Gasteiger partial charge in [-0.1, -0.05) is 32.0 Å². The predicted octanol–water partition coefficient (Wildman–Crippen LogP) is 3.84. The molecule has 0 aliphatic heterocycles. The molecule has 152 valence electrons. The van der Waals surface area contributed by atoms with Crippen LogP contribution in [0.15, 0.2) is 30.3 Å². The molecule has 27 heavy (non-hydrogen) atoms. The Labute approximate surface area is 165 Å². The fourth-order valence-corrected chi connectivity index (χ4v) is 3.15.